The van der Waals surface area contributed by atoms with Gasteiger partial charge < -0.3 is 9.47 Å². The predicted octanol–water partition coefficient (Wildman–Crippen LogP) is 2.34. The first kappa shape index (κ1) is 13.3. The van der Waals surface area contributed by atoms with Gasteiger partial charge in [0.1, 0.15) is 5.56 Å². The Morgan fingerprint density at radius 2 is 2.18 bits per heavy atom. The molecule has 1 rings (SSSR count). The van der Waals surface area contributed by atoms with E-state index in [1.165, 1.54) is 6.92 Å². The number of esters is 1. The zero-order valence-corrected chi connectivity index (χ0v) is 9.17. The van der Waals surface area contributed by atoms with E-state index in [1.54, 1.807) is 0 Å². The second-order valence-electron chi connectivity index (χ2n) is 2.93. The van der Waals surface area contributed by atoms with Crippen molar-refractivity contribution in [2.75, 3.05) is 13.7 Å². The number of carbonyl (C=O) groups excluding carboxylic acids is 1. The van der Waals surface area contributed by atoms with Crippen molar-refractivity contribution in [3.05, 3.63) is 23.1 Å². The molecule has 0 aliphatic carbocycles. The van der Waals surface area contributed by atoms with Gasteiger partial charge in [-0.15, -0.1) is 0 Å². The highest BCUT2D eigenvalue weighted by Gasteiger charge is 2.27. The average molecular weight is 249 g/mol. The lowest BCUT2D eigenvalue weighted by atomic mass is 10.1. The molecule has 1 heterocycles. The van der Waals surface area contributed by atoms with Gasteiger partial charge in [0.05, 0.1) is 19.3 Å². The highest BCUT2D eigenvalue weighted by Crippen LogP contribution is 2.28. The molecule has 0 amide bonds. The summed E-state index contributed by atoms with van der Waals surface area (Å²) in [7, 11) is 1.11. The molecule has 0 fully saturated rings. The third-order valence-corrected chi connectivity index (χ3v) is 1.92. The number of hydrogen-bond acceptors (Lipinski definition) is 4. The molecule has 0 aromatic carbocycles. The van der Waals surface area contributed by atoms with Crippen LogP contribution in [0.25, 0.3) is 0 Å². The number of carbonyl (C=O) groups is 1. The summed E-state index contributed by atoms with van der Waals surface area (Å²) in [5, 5.41) is 0. The molecule has 1 aromatic rings. The Balaban J connectivity index is 3.34. The Labute approximate surface area is 95.4 Å². The number of aromatic nitrogens is 1. The van der Waals surface area contributed by atoms with Crippen molar-refractivity contribution in [2.45, 2.75) is 13.3 Å². The highest BCUT2D eigenvalue weighted by atomic mass is 19.3. The summed E-state index contributed by atoms with van der Waals surface area (Å²) in [6, 6.07) is 0. The van der Waals surface area contributed by atoms with Crippen LogP contribution in [0.2, 0.25) is 0 Å². The maximum atomic E-state index is 13.6. The Kier molecular flexibility index (Phi) is 4.30. The quantitative estimate of drug-likeness (QED) is 0.768. The molecule has 0 aliphatic rings. The van der Waals surface area contributed by atoms with Gasteiger partial charge in [0.2, 0.25) is 0 Å². The highest BCUT2D eigenvalue weighted by molar-refractivity contribution is 5.91. The van der Waals surface area contributed by atoms with Crippen LogP contribution in [-0.4, -0.2) is 24.7 Å². The number of halogens is 3. The smallest absolute Gasteiger partial charge is 0.341 e. The summed E-state index contributed by atoms with van der Waals surface area (Å²) in [5.74, 6) is -2.94. The number of ether oxygens (including phenoxy) is 2. The molecule has 94 valence electrons. The van der Waals surface area contributed by atoms with Gasteiger partial charge in [-0.2, -0.15) is 0 Å². The molecule has 4 nitrogen and oxygen atoms in total. The predicted molar refractivity (Wildman–Crippen MR) is 51.7 cm³/mol. The summed E-state index contributed by atoms with van der Waals surface area (Å²) >= 11 is 0. The summed E-state index contributed by atoms with van der Waals surface area (Å²) in [4.78, 5) is 14.7. The number of rotatable bonds is 4. The van der Waals surface area contributed by atoms with Crippen LogP contribution in [0.15, 0.2) is 6.20 Å². The fourth-order valence-electron chi connectivity index (χ4n) is 1.20. The van der Waals surface area contributed by atoms with Gasteiger partial charge in [-0.25, -0.2) is 22.9 Å². The summed E-state index contributed by atoms with van der Waals surface area (Å²) in [6.45, 7) is 1.43. The van der Waals surface area contributed by atoms with Crippen molar-refractivity contribution < 1.29 is 27.4 Å². The van der Waals surface area contributed by atoms with Crippen molar-refractivity contribution in [1.29, 1.82) is 0 Å². The molecular formula is C10H10F3NO3. The van der Waals surface area contributed by atoms with E-state index in [2.05, 4.69) is 14.5 Å². The molecule has 0 radical (unpaired) electrons. The lowest BCUT2D eigenvalue weighted by Gasteiger charge is -2.10. The zero-order chi connectivity index (χ0) is 13.0. The first-order valence-corrected chi connectivity index (χ1v) is 4.70. The van der Waals surface area contributed by atoms with E-state index in [-0.39, 0.29) is 6.61 Å². The SMILES string of the molecule is CCOC(=O)c1c(C(F)F)cnc(OC)c1F. The van der Waals surface area contributed by atoms with Crippen LogP contribution in [-0.2, 0) is 4.74 Å². The summed E-state index contributed by atoms with van der Waals surface area (Å²) < 4.78 is 47.8. The third-order valence-electron chi connectivity index (χ3n) is 1.92. The maximum absolute atomic E-state index is 13.6. The standard InChI is InChI=1S/C10H10F3NO3/c1-3-17-10(15)6-5(8(12)13)4-14-9(16-2)7(6)11/h4,8H,3H2,1-2H3. The van der Waals surface area contributed by atoms with Crippen LogP contribution in [0, 0.1) is 5.82 Å². The molecule has 0 atom stereocenters. The molecule has 0 saturated carbocycles. The van der Waals surface area contributed by atoms with Gasteiger partial charge in [-0.3, -0.25) is 0 Å². The van der Waals surface area contributed by atoms with Crippen LogP contribution in [0.3, 0.4) is 0 Å². The number of pyridine rings is 1. The van der Waals surface area contributed by atoms with Crippen LogP contribution >= 0.6 is 0 Å². The molecule has 0 bridgehead atoms. The zero-order valence-electron chi connectivity index (χ0n) is 9.17. The van der Waals surface area contributed by atoms with Gasteiger partial charge in [0.25, 0.3) is 12.3 Å². The Morgan fingerprint density at radius 3 is 2.65 bits per heavy atom. The van der Waals surface area contributed by atoms with Crippen LogP contribution < -0.4 is 4.74 Å². The molecule has 1 aromatic heterocycles. The fourth-order valence-corrected chi connectivity index (χ4v) is 1.20. The van der Waals surface area contributed by atoms with E-state index in [4.69, 9.17) is 0 Å². The molecule has 0 N–H and O–H groups in total. The van der Waals surface area contributed by atoms with Crippen molar-refractivity contribution in [1.82, 2.24) is 4.98 Å². The third kappa shape index (κ3) is 2.66. The molecular weight excluding hydrogens is 239 g/mol. The van der Waals surface area contributed by atoms with Crippen molar-refractivity contribution >= 4 is 5.97 Å². The van der Waals surface area contributed by atoms with Gasteiger partial charge in [0.15, 0.2) is 5.82 Å². The first-order chi connectivity index (χ1) is 8.02. The van der Waals surface area contributed by atoms with E-state index in [1.807, 2.05) is 0 Å². The van der Waals surface area contributed by atoms with E-state index in [0.717, 1.165) is 7.11 Å². The van der Waals surface area contributed by atoms with Crippen LogP contribution in [0.1, 0.15) is 29.3 Å². The van der Waals surface area contributed by atoms with Gasteiger partial charge in [0, 0.05) is 6.20 Å². The second kappa shape index (κ2) is 5.51. The number of alkyl halides is 2. The second-order valence-corrected chi connectivity index (χ2v) is 2.93. The molecule has 0 aliphatic heterocycles. The molecule has 0 saturated heterocycles. The van der Waals surface area contributed by atoms with Crippen molar-refractivity contribution in [2.24, 2.45) is 0 Å². The number of hydrogen-bond donors (Lipinski definition) is 0. The summed E-state index contributed by atoms with van der Waals surface area (Å²) in [6.07, 6.45) is -2.33. The first-order valence-electron chi connectivity index (χ1n) is 4.70. The fraction of sp³-hybridized carbons (Fsp3) is 0.400. The number of nitrogens with zero attached hydrogens (tertiary/aromatic N) is 1. The molecule has 7 heteroatoms. The minimum atomic E-state index is -3.03. The lowest BCUT2D eigenvalue weighted by Crippen LogP contribution is -2.13. The van der Waals surface area contributed by atoms with Crippen LogP contribution in [0.5, 0.6) is 5.88 Å². The van der Waals surface area contributed by atoms with Gasteiger partial charge in [-0.1, -0.05) is 0 Å². The van der Waals surface area contributed by atoms with Crippen molar-refractivity contribution in [3.63, 3.8) is 0 Å². The lowest BCUT2D eigenvalue weighted by molar-refractivity contribution is 0.0507. The Bertz CT molecular complexity index is 424. The summed E-state index contributed by atoms with van der Waals surface area (Å²) in [5.41, 5.74) is -1.66. The monoisotopic (exact) mass is 249 g/mol. The molecule has 0 spiro atoms. The van der Waals surface area contributed by atoms with E-state index < -0.39 is 35.2 Å². The maximum Gasteiger partial charge on any atom is 0.341 e. The molecule has 17 heavy (non-hydrogen) atoms. The minimum absolute atomic E-state index is 0.0500. The topological polar surface area (TPSA) is 48.4 Å². The van der Waals surface area contributed by atoms with Crippen molar-refractivity contribution in [3.8, 4) is 5.88 Å². The van der Waals surface area contributed by atoms with Crippen LogP contribution in [0.4, 0.5) is 13.2 Å². The Hall–Kier alpha value is -1.79. The van der Waals surface area contributed by atoms with E-state index >= 15 is 0 Å². The van der Waals surface area contributed by atoms with Gasteiger partial charge >= 0.3 is 5.97 Å². The van der Waals surface area contributed by atoms with E-state index in [0.29, 0.717) is 6.20 Å². The van der Waals surface area contributed by atoms with E-state index in [9.17, 15) is 18.0 Å². The average Bonchev–Trinajstić information content (AvgIpc) is 2.28. The normalized spacial score (nSPS) is 10.5. The Morgan fingerprint density at radius 1 is 1.53 bits per heavy atom. The van der Waals surface area contributed by atoms with Gasteiger partial charge in [-0.05, 0) is 6.92 Å². The largest absolute Gasteiger partial charge is 0.479 e. The minimum Gasteiger partial charge on any atom is -0.479 e. The number of methoxy groups -OCH3 is 1. The molecule has 0 unspecified atom stereocenters.